The van der Waals surface area contributed by atoms with Gasteiger partial charge in [0.15, 0.2) is 0 Å². The molecule has 132 valence electrons. The largest absolute Gasteiger partial charge is 0.398 e. The van der Waals surface area contributed by atoms with E-state index in [2.05, 4.69) is 57.3 Å². The Morgan fingerprint density at radius 3 is 2.42 bits per heavy atom. The third-order valence-corrected chi connectivity index (χ3v) is 5.63. The molecule has 0 saturated carbocycles. The Labute approximate surface area is 147 Å². The predicted molar refractivity (Wildman–Crippen MR) is 105 cm³/mol. The summed E-state index contributed by atoms with van der Waals surface area (Å²) in [5.41, 5.74) is 11.9. The molecule has 1 heterocycles. The van der Waals surface area contributed by atoms with Crippen molar-refractivity contribution >= 4 is 11.3 Å². The number of rotatable bonds is 2. The fraction of sp³-hybridized carbons (Fsp3) is 0.636. The number of benzene rings is 1. The van der Waals surface area contributed by atoms with Crippen LogP contribution < -0.4 is 11.1 Å². The molecular weight excluding hydrogens is 292 g/mol. The van der Waals surface area contributed by atoms with Crippen molar-refractivity contribution in [1.82, 2.24) is 5.32 Å². The highest BCUT2D eigenvalue weighted by atomic mass is 15.0. The first-order valence-electron chi connectivity index (χ1n) is 9.64. The van der Waals surface area contributed by atoms with E-state index in [4.69, 9.17) is 5.73 Å². The summed E-state index contributed by atoms with van der Waals surface area (Å²) < 4.78 is 0. The van der Waals surface area contributed by atoms with Gasteiger partial charge in [-0.2, -0.15) is 0 Å². The van der Waals surface area contributed by atoms with Gasteiger partial charge in [0, 0.05) is 22.3 Å². The first-order chi connectivity index (χ1) is 11.3. The van der Waals surface area contributed by atoms with Crippen LogP contribution in [0.5, 0.6) is 0 Å². The number of anilines is 1. The maximum absolute atomic E-state index is 6.35. The zero-order chi connectivity index (χ0) is 17.4. The molecule has 0 aromatic heterocycles. The Kier molecular flexibility index (Phi) is 4.79. The molecule has 0 atom stereocenters. The standard InChI is InChI=1S/C22H34N2/c1-21(2)14-18(15-22(3,4)24-21)17-11-12-20(23)19(13-17)16-9-7-5-6-8-10-16/h9,11-13,18,24H,5-8,10,14-15,23H2,1-4H3. The molecule has 2 aliphatic rings. The molecule has 1 saturated heterocycles. The number of nitrogens with one attached hydrogen (secondary N) is 1. The molecule has 1 aliphatic heterocycles. The van der Waals surface area contributed by atoms with E-state index in [0.29, 0.717) is 5.92 Å². The average Bonchev–Trinajstić information content (AvgIpc) is 2.73. The number of hydrogen-bond donors (Lipinski definition) is 2. The fourth-order valence-electron chi connectivity index (χ4n) is 4.92. The minimum atomic E-state index is 0.176. The van der Waals surface area contributed by atoms with Crippen LogP contribution in [0.1, 0.15) is 89.7 Å². The summed E-state index contributed by atoms with van der Waals surface area (Å²) in [6.45, 7) is 9.31. The molecule has 1 aliphatic carbocycles. The van der Waals surface area contributed by atoms with Crippen LogP contribution in [0.15, 0.2) is 24.3 Å². The molecule has 0 amide bonds. The average molecular weight is 327 g/mol. The highest BCUT2D eigenvalue weighted by molar-refractivity contribution is 5.75. The van der Waals surface area contributed by atoms with Crippen LogP contribution >= 0.6 is 0 Å². The van der Waals surface area contributed by atoms with Crippen LogP contribution in [-0.2, 0) is 0 Å². The van der Waals surface area contributed by atoms with Crippen molar-refractivity contribution in [3.05, 3.63) is 35.4 Å². The highest BCUT2D eigenvalue weighted by Gasteiger charge is 2.38. The number of piperidine rings is 1. The van der Waals surface area contributed by atoms with Crippen molar-refractivity contribution in [2.24, 2.45) is 0 Å². The molecule has 2 nitrogen and oxygen atoms in total. The minimum Gasteiger partial charge on any atom is -0.398 e. The number of nitrogens with two attached hydrogens (primary N) is 1. The predicted octanol–water partition coefficient (Wildman–Crippen LogP) is 5.64. The van der Waals surface area contributed by atoms with Crippen LogP contribution in [-0.4, -0.2) is 11.1 Å². The molecule has 24 heavy (non-hydrogen) atoms. The van der Waals surface area contributed by atoms with Crippen molar-refractivity contribution in [1.29, 1.82) is 0 Å². The fourth-order valence-corrected chi connectivity index (χ4v) is 4.92. The van der Waals surface area contributed by atoms with Crippen LogP contribution in [0.2, 0.25) is 0 Å². The van der Waals surface area contributed by atoms with Crippen molar-refractivity contribution in [3.8, 4) is 0 Å². The molecular formula is C22H34N2. The number of allylic oxidation sites excluding steroid dienone is 2. The lowest BCUT2D eigenvalue weighted by Crippen LogP contribution is -2.57. The molecule has 0 spiro atoms. The third-order valence-electron chi connectivity index (χ3n) is 5.63. The molecule has 2 heteroatoms. The Balaban J connectivity index is 1.92. The van der Waals surface area contributed by atoms with Gasteiger partial charge < -0.3 is 11.1 Å². The van der Waals surface area contributed by atoms with Gasteiger partial charge in [0.1, 0.15) is 0 Å². The lowest BCUT2D eigenvalue weighted by Gasteiger charge is -2.46. The van der Waals surface area contributed by atoms with Gasteiger partial charge in [-0.1, -0.05) is 18.6 Å². The second kappa shape index (κ2) is 6.55. The second-order valence-corrected chi connectivity index (χ2v) is 9.17. The summed E-state index contributed by atoms with van der Waals surface area (Å²) >= 11 is 0. The zero-order valence-corrected chi connectivity index (χ0v) is 15.9. The summed E-state index contributed by atoms with van der Waals surface area (Å²) in [6, 6.07) is 6.80. The van der Waals surface area contributed by atoms with Crippen LogP contribution in [0, 0.1) is 0 Å². The monoisotopic (exact) mass is 326 g/mol. The molecule has 3 N–H and O–H groups in total. The van der Waals surface area contributed by atoms with Crippen molar-refractivity contribution in [3.63, 3.8) is 0 Å². The van der Waals surface area contributed by atoms with Gasteiger partial charge in [0.2, 0.25) is 0 Å². The van der Waals surface area contributed by atoms with Crippen molar-refractivity contribution in [2.75, 3.05) is 5.73 Å². The van der Waals surface area contributed by atoms with Gasteiger partial charge in [-0.05, 0) is 95.4 Å². The molecule has 1 fully saturated rings. The molecule has 0 radical (unpaired) electrons. The lowest BCUT2D eigenvalue weighted by molar-refractivity contribution is 0.162. The van der Waals surface area contributed by atoms with Gasteiger partial charge >= 0.3 is 0 Å². The maximum atomic E-state index is 6.35. The third kappa shape index (κ3) is 4.03. The van der Waals surface area contributed by atoms with Gasteiger partial charge in [-0.15, -0.1) is 0 Å². The van der Waals surface area contributed by atoms with Gasteiger partial charge in [0.25, 0.3) is 0 Å². The molecule has 0 bridgehead atoms. The topological polar surface area (TPSA) is 38.0 Å². The molecule has 3 rings (SSSR count). The summed E-state index contributed by atoms with van der Waals surface area (Å²) in [5, 5.41) is 3.79. The minimum absolute atomic E-state index is 0.176. The van der Waals surface area contributed by atoms with Crippen LogP contribution in [0.25, 0.3) is 5.57 Å². The van der Waals surface area contributed by atoms with E-state index in [1.165, 1.54) is 61.6 Å². The quantitative estimate of drug-likeness (QED) is 0.690. The highest BCUT2D eigenvalue weighted by Crippen LogP contribution is 2.41. The van der Waals surface area contributed by atoms with Crippen molar-refractivity contribution < 1.29 is 0 Å². The van der Waals surface area contributed by atoms with E-state index in [1.54, 1.807) is 0 Å². The van der Waals surface area contributed by atoms with E-state index in [0.717, 1.165) is 5.69 Å². The lowest BCUT2D eigenvalue weighted by atomic mass is 9.73. The summed E-state index contributed by atoms with van der Waals surface area (Å²) in [5.74, 6) is 0.599. The van der Waals surface area contributed by atoms with Gasteiger partial charge in [0.05, 0.1) is 0 Å². The normalized spacial score (nSPS) is 24.2. The number of nitrogen functional groups attached to an aromatic ring is 1. The summed E-state index contributed by atoms with van der Waals surface area (Å²) in [4.78, 5) is 0. The first-order valence-corrected chi connectivity index (χ1v) is 9.64. The smallest absolute Gasteiger partial charge is 0.0390 e. The van der Waals surface area contributed by atoms with E-state index in [1.807, 2.05) is 0 Å². The Bertz CT molecular complexity index is 609. The Morgan fingerprint density at radius 1 is 1.00 bits per heavy atom. The summed E-state index contributed by atoms with van der Waals surface area (Å²) in [6.07, 6.45) is 11.1. The Morgan fingerprint density at radius 2 is 1.71 bits per heavy atom. The van der Waals surface area contributed by atoms with Gasteiger partial charge in [-0.25, -0.2) is 0 Å². The zero-order valence-electron chi connectivity index (χ0n) is 15.9. The second-order valence-electron chi connectivity index (χ2n) is 9.17. The number of hydrogen-bond acceptors (Lipinski definition) is 2. The molecule has 1 aromatic carbocycles. The molecule has 0 unspecified atom stereocenters. The SMILES string of the molecule is CC1(C)CC(c2ccc(N)c(C3=CCCCCC3)c2)CC(C)(C)N1. The van der Waals surface area contributed by atoms with Gasteiger partial charge in [-0.3, -0.25) is 0 Å². The molecule has 1 aromatic rings. The Hall–Kier alpha value is -1.28. The van der Waals surface area contributed by atoms with E-state index in [9.17, 15) is 0 Å². The van der Waals surface area contributed by atoms with E-state index < -0.39 is 0 Å². The maximum Gasteiger partial charge on any atom is 0.0390 e. The van der Waals surface area contributed by atoms with Crippen molar-refractivity contribution in [2.45, 2.75) is 89.6 Å². The van der Waals surface area contributed by atoms with E-state index >= 15 is 0 Å². The first kappa shape index (κ1) is 17.5. The van der Waals surface area contributed by atoms with E-state index in [-0.39, 0.29) is 11.1 Å². The summed E-state index contributed by atoms with van der Waals surface area (Å²) in [7, 11) is 0. The van der Waals surface area contributed by atoms with Crippen LogP contribution in [0.3, 0.4) is 0 Å². The van der Waals surface area contributed by atoms with Crippen LogP contribution in [0.4, 0.5) is 5.69 Å².